The van der Waals surface area contributed by atoms with Gasteiger partial charge in [-0.2, -0.15) is 0 Å². The summed E-state index contributed by atoms with van der Waals surface area (Å²) in [5, 5.41) is 9.06. The number of rotatable bonds is 3. The number of aliphatic carboxylic acids is 1. The third-order valence-corrected chi connectivity index (χ3v) is 2.74. The molecule has 2 aromatic heterocycles. The molecule has 0 aliphatic heterocycles. The van der Waals surface area contributed by atoms with Crippen LogP contribution in [0.25, 0.3) is 5.52 Å². The van der Waals surface area contributed by atoms with Gasteiger partial charge in [-0.3, -0.25) is 4.79 Å². The zero-order valence-electron chi connectivity index (χ0n) is 8.77. The van der Waals surface area contributed by atoms with Crippen molar-refractivity contribution < 1.29 is 9.90 Å². The molecule has 0 amide bonds. The van der Waals surface area contributed by atoms with Crippen LogP contribution in [0.4, 0.5) is 0 Å². The molecule has 0 atom stereocenters. The Balaban J connectivity index is 2.36. The van der Waals surface area contributed by atoms with E-state index in [0.29, 0.717) is 11.6 Å². The summed E-state index contributed by atoms with van der Waals surface area (Å²) in [6.07, 6.45) is 2.49. The van der Waals surface area contributed by atoms with Crippen LogP contribution in [0.1, 0.15) is 17.8 Å². The maximum Gasteiger partial charge on any atom is 0.303 e. The molecule has 0 bridgehead atoms. The van der Waals surface area contributed by atoms with E-state index in [9.17, 15) is 4.79 Å². The van der Waals surface area contributed by atoms with E-state index in [2.05, 4.69) is 4.98 Å². The highest BCUT2D eigenvalue weighted by Crippen LogP contribution is 2.19. The molecule has 2 rings (SSSR count). The van der Waals surface area contributed by atoms with Crippen LogP contribution in [-0.4, -0.2) is 20.5 Å². The van der Waals surface area contributed by atoms with Gasteiger partial charge in [-0.15, -0.1) is 0 Å². The first-order chi connectivity index (χ1) is 7.58. The van der Waals surface area contributed by atoms with Gasteiger partial charge in [0.05, 0.1) is 5.52 Å². The van der Waals surface area contributed by atoms with Crippen LogP contribution in [0, 0.1) is 6.92 Å². The zero-order chi connectivity index (χ0) is 11.7. The van der Waals surface area contributed by atoms with Gasteiger partial charge in [-0.25, -0.2) is 4.98 Å². The number of nitrogens with zero attached hydrogens (tertiary/aromatic N) is 2. The zero-order valence-corrected chi connectivity index (χ0v) is 9.53. The largest absolute Gasteiger partial charge is 0.481 e. The van der Waals surface area contributed by atoms with Crippen LogP contribution < -0.4 is 0 Å². The highest BCUT2D eigenvalue weighted by atomic mass is 35.5. The van der Waals surface area contributed by atoms with Crippen LogP contribution in [0.5, 0.6) is 0 Å². The molecule has 0 aliphatic carbocycles. The normalized spacial score (nSPS) is 10.9. The first-order valence-electron chi connectivity index (χ1n) is 4.93. The summed E-state index contributed by atoms with van der Waals surface area (Å²) < 4.78 is 1.88. The van der Waals surface area contributed by atoms with Gasteiger partial charge in [0.15, 0.2) is 5.15 Å². The summed E-state index contributed by atoms with van der Waals surface area (Å²) in [6, 6.07) is 3.77. The predicted octanol–water partition coefficient (Wildman–Crippen LogP) is 2.31. The second-order valence-corrected chi connectivity index (χ2v) is 3.99. The maximum atomic E-state index is 10.5. The fourth-order valence-electron chi connectivity index (χ4n) is 1.64. The van der Waals surface area contributed by atoms with Crippen molar-refractivity contribution in [2.24, 2.45) is 0 Å². The third kappa shape index (κ3) is 2.02. The Morgan fingerprint density at radius 2 is 2.38 bits per heavy atom. The van der Waals surface area contributed by atoms with Crippen molar-refractivity contribution >= 4 is 23.1 Å². The Hall–Kier alpha value is -1.55. The Morgan fingerprint density at radius 1 is 1.62 bits per heavy atom. The topological polar surface area (TPSA) is 54.6 Å². The number of pyridine rings is 1. The van der Waals surface area contributed by atoms with Gasteiger partial charge in [0.25, 0.3) is 0 Å². The quantitative estimate of drug-likeness (QED) is 0.893. The average molecular weight is 239 g/mol. The second kappa shape index (κ2) is 4.14. The lowest BCUT2D eigenvalue weighted by Crippen LogP contribution is -1.98. The van der Waals surface area contributed by atoms with Gasteiger partial charge < -0.3 is 9.51 Å². The van der Waals surface area contributed by atoms with E-state index in [-0.39, 0.29) is 6.42 Å². The van der Waals surface area contributed by atoms with Crippen LogP contribution in [0.2, 0.25) is 5.15 Å². The molecule has 1 N–H and O–H groups in total. The number of carboxylic acid groups (broad SMARTS) is 1. The van der Waals surface area contributed by atoms with E-state index in [4.69, 9.17) is 16.7 Å². The Kier molecular flexibility index (Phi) is 2.83. The van der Waals surface area contributed by atoms with Crippen LogP contribution in [0.15, 0.2) is 18.3 Å². The molecular weight excluding hydrogens is 228 g/mol. The van der Waals surface area contributed by atoms with Crippen molar-refractivity contribution in [1.29, 1.82) is 0 Å². The molecule has 84 valence electrons. The molecule has 0 aliphatic rings. The summed E-state index contributed by atoms with van der Waals surface area (Å²) in [5.74, 6) is 0.0282. The molecule has 0 spiro atoms. The van der Waals surface area contributed by atoms with E-state index >= 15 is 0 Å². The molecule has 2 aromatic rings. The third-order valence-electron chi connectivity index (χ3n) is 2.47. The molecular formula is C11H11ClN2O2. The number of imidazole rings is 1. The molecule has 2 heterocycles. The molecule has 0 aromatic carbocycles. The maximum absolute atomic E-state index is 10.5. The van der Waals surface area contributed by atoms with Gasteiger partial charge in [0.1, 0.15) is 5.82 Å². The standard InChI is InChI=1S/C11H11ClN2O2/c1-7-13-11(12)9-6-8(2-3-10(15)16)4-5-14(7)9/h4-6H,2-3H2,1H3,(H,15,16). The Labute approximate surface area is 97.5 Å². The number of aromatic nitrogens is 2. The smallest absolute Gasteiger partial charge is 0.303 e. The fourth-order valence-corrected chi connectivity index (χ4v) is 1.91. The SMILES string of the molecule is Cc1nc(Cl)c2cc(CCC(=O)O)ccn12. The Bertz CT molecular complexity index is 548. The monoisotopic (exact) mass is 238 g/mol. The molecule has 0 saturated carbocycles. The number of hydrogen-bond acceptors (Lipinski definition) is 2. The highest BCUT2D eigenvalue weighted by Gasteiger charge is 2.07. The van der Waals surface area contributed by atoms with Gasteiger partial charge >= 0.3 is 5.97 Å². The van der Waals surface area contributed by atoms with Crippen LogP contribution in [-0.2, 0) is 11.2 Å². The minimum Gasteiger partial charge on any atom is -0.481 e. The molecule has 0 saturated heterocycles. The van der Waals surface area contributed by atoms with Crippen molar-refractivity contribution in [2.75, 3.05) is 0 Å². The molecule has 4 nitrogen and oxygen atoms in total. The number of fused-ring (bicyclic) bond motifs is 1. The molecule has 16 heavy (non-hydrogen) atoms. The van der Waals surface area contributed by atoms with Crippen molar-refractivity contribution in [3.05, 3.63) is 34.9 Å². The molecule has 0 fully saturated rings. The molecule has 0 unspecified atom stereocenters. The molecule has 0 radical (unpaired) electrons. The highest BCUT2D eigenvalue weighted by molar-refractivity contribution is 6.32. The summed E-state index contributed by atoms with van der Waals surface area (Å²) in [7, 11) is 0. The predicted molar refractivity (Wildman–Crippen MR) is 60.9 cm³/mol. The van der Waals surface area contributed by atoms with Crippen molar-refractivity contribution in [3.63, 3.8) is 0 Å². The Morgan fingerprint density at radius 3 is 3.06 bits per heavy atom. The lowest BCUT2D eigenvalue weighted by molar-refractivity contribution is -0.136. The van der Waals surface area contributed by atoms with Crippen molar-refractivity contribution in [1.82, 2.24) is 9.38 Å². The van der Waals surface area contributed by atoms with E-state index in [1.54, 1.807) is 0 Å². The van der Waals surface area contributed by atoms with Crippen LogP contribution in [0.3, 0.4) is 0 Å². The number of aryl methyl sites for hydroxylation is 2. The van der Waals surface area contributed by atoms with E-state index in [1.807, 2.05) is 29.7 Å². The lowest BCUT2D eigenvalue weighted by atomic mass is 10.1. The summed E-state index contributed by atoms with van der Waals surface area (Å²) in [4.78, 5) is 14.6. The lowest BCUT2D eigenvalue weighted by Gasteiger charge is -2.01. The first-order valence-corrected chi connectivity index (χ1v) is 5.30. The summed E-state index contributed by atoms with van der Waals surface area (Å²) >= 11 is 5.96. The first kappa shape index (κ1) is 11.0. The van der Waals surface area contributed by atoms with Gasteiger partial charge in [0, 0.05) is 12.6 Å². The average Bonchev–Trinajstić information content (AvgIpc) is 2.52. The number of carboxylic acids is 1. The van der Waals surface area contributed by atoms with E-state index < -0.39 is 5.97 Å². The van der Waals surface area contributed by atoms with Gasteiger partial charge in [-0.05, 0) is 31.0 Å². The van der Waals surface area contributed by atoms with Gasteiger partial charge in [0.2, 0.25) is 0 Å². The van der Waals surface area contributed by atoms with E-state index in [0.717, 1.165) is 16.9 Å². The van der Waals surface area contributed by atoms with Crippen molar-refractivity contribution in [3.8, 4) is 0 Å². The van der Waals surface area contributed by atoms with E-state index in [1.165, 1.54) is 0 Å². The summed E-state index contributed by atoms with van der Waals surface area (Å²) in [5.41, 5.74) is 1.78. The minimum atomic E-state index is -0.796. The van der Waals surface area contributed by atoms with Gasteiger partial charge in [-0.1, -0.05) is 11.6 Å². The summed E-state index contributed by atoms with van der Waals surface area (Å²) in [6.45, 7) is 1.87. The number of halogens is 1. The number of carbonyl (C=O) groups is 1. The fraction of sp³-hybridized carbons (Fsp3) is 0.273. The van der Waals surface area contributed by atoms with Crippen molar-refractivity contribution in [2.45, 2.75) is 19.8 Å². The van der Waals surface area contributed by atoms with Crippen LogP contribution >= 0.6 is 11.6 Å². The number of hydrogen-bond donors (Lipinski definition) is 1. The molecule has 5 heteroatoms. The minimum absolute atomic E-state index is 0.126. The second-order valence-electron chi connectivity index (χ2n) is 3.63.